The van der Waals surface area contributed by atoms with Crippen LogP contribution in [0.3, 0.4) is 0 Å². The minimum atomic E-state index is -0.322. The molecule has 1 aliphatic carbocycles. The Balaban J connectivity index is 1.67. The summed E-state index contributed by atoms with van der Waals surface area (Å²) in [4.78, 5) is 26.4. The molecule has 0 bridgehead atoms. The van der Waals surface area contributed by atoms with Gasteiger partial charge in [0, 0.05) is 10.9 Å². The zero-order valence-corrected chi connectivity index (χ0v) is 19.2. The maximum Gasteiger partial charge on any atom is 0.258 e. The van der Waals surface area contributed by atoms with E-state index in [0.29, 0.717) is 28.4 Å². The molecule has 178 valence electrons. The van der Waals surface area contributed by atoms with E-state index in [1.807, 2.05) is 18.2 Å². The van der Waals surface area contributed by atoms with Crippen molar-refractivity contribution < 1.29 is 14.3 Å². The van der Waals surface area contributed by atoms with Crippen molar-refractivity contribution in [3.05, 3.63) is 48.0 Å². The van der Waals surface area contributed by atoms with Gasteiger partial charge in [-0.25, -0.2) is 9.98 Å². The minimum Gasteiger partial charge on any atom is -0.497 e. The van der Waals surface area contributed by atoms with Gasteiger partial charge in [-0.05, 0) is 55.3 Å². The summed E-state index contributed by atoms with van der Waals surface area (Å²) in [5.74, 6) is 1.87. The van der Waals surface area contributed by atoms with Crippen LogP contribution in [-0.2, 0) is 0 Å². The van der Waals surface area contributed by atoms with E-state index in [-0.39, 0.29) is 29.9 Å². The summed E-state index contributed by atoms with van der Waals surface area (Å²) in [6, 6.07) is 12.3. The molecule has 1 fully saturated rings. The Labute approximate surface area is 197 Å². The van der Waals surface area contributed by atoms with Gasteiger partial charge in [-0.3, -0.25) is 10.1 Å². The van der Waals surface area contributed by atoms with E-state index in [1.54, 1.807) is 38.5 Å². The summed E-state index contributed by atoms with van der Waals surface area (Å²) in [6.45, 7) is 0. The molecule has 0 aliphatic heterocycles. The Hall–Kier alpha value is -4.08. The smallest absolute Gasteiger partial charge is 0.258 e. The molecular weight excluding hydrogens is 434 g/mol. The summed E-state index contributed by atoms with van der Waals surface area (Å²) in [5, 5.41) is 7.08. The number of benzene rings is 2. The van der Waals surface area contributed by atoms with Crippen LogP contribution in [0.5, 0.6) is 11.5 Å². The first-order valence-corrected chi connectivity index (χ1v) is 11.1. The van der Waals surface area contributed by atoms with Crippen molar-refractivity contribution in [2.45, 2.75) is 37.8 Å². The highest BCUT2D eigenvalue weighted by Gasteiger charge is 2.26. The summed E-state index contributed by atoms with van der Waals surface area (Å²) in [5.41, 5.74) is 12.5. The SMILES string of the molecule is COc1ccc(C(=O)Nc2nc(N[C@H]3CCCC[C@H]3N=C(N)N)c3cc(OC)ccc3n2)cc1. The fourth-order valence-corrected chi connectivity index (χ4v) is 4.12. The average Bonchev–Trinajstić information content (AvgIpc) is 2.84. The summed E-state index contributed by atoms with van der Waals surface area (Å²) in [7, 11) is 3.18. The van der Waals surface area contributed by atoms with E-state index < -0.39 is 0 Å². The number of guanidine groups is 1. The van der Waals surface area contributed by atoms with Gasteiger partial charge in [0.05, 0.1) is 31.8 Å². The van der Waals surface area contributed by atoms with Gasteiger partial charge in [-0.1, -0.05) is 12.8 Å². The van der Waals surface area contributed by atoms with E-state index in [2.05, 4.69) is 25.6 Å². The highest BCUT2D eigenvalue weighted by molar-refractivity contribution is 6.04. The molecule has 2 atom stereocenters. The molecule has 1 saturated carbocycles. The molecule has 3 aromatic rings. The van der Waals surface area contributed by atoms with E-state index >= 15 is 0 Å². The number of nitrogens with one attached hydrogen (secondary N) is 2. The van der Waals surface area contributed by atoms with Gasteiger partial charge in [0.1, 0.15) is 17.3 Å². The molecule has 2 aromatic carbocycles. The number of hydrogen-bond acceptors (Lipinski definition) is 7. The molecule has 1 heterocycles. The molecule has 34 heavy (non-hydrogen) atoms. The number of aliphatic imine (C=N–C) groups is 1. The first kappa shape index (κ1) is 23.1. The number of fused-ring (bicyclic) bond motifs is 1. The van der Waals surface area contributed by atoms with Crippen molar-refractivity contribution in [2.75, 3.05) is 24.9 Å². The Morgan fingerprint density at radius 2 is 1.71 bits per heavy atom. The summed E-state index contributed by atoms with van der Waals surface area (Å²) >= 11 is 0. The molecule has 10 nitrogen and oxygen atoms in total. The van der Waals surface area contributed by atoms with Crippen LogP contribution >= 0.6 is 0 Å². The van der Waals surface area contributed by atoms with Gasteiger partial charge in [0.25, 0.3) is 5.91 Å². The maximum atomic E-state index is 12.8. The van der Waals surface area contributed by atoms with Crippen molar-refractivity contribution in [1.29, 1.82) is 0 Å². The minimum absolute atomic E-state index is 0.00899. The number of nitrogens with two attached hydrogens (primary N) is 2. The van der Waals surface area contributed by atoms with Crippen LogP contribution in [0.2, 0.25) is 0 Å². The molecule has 10 heteroatoms. The lowest BCUT2D eigenvalue weighted by molar-refractivity contribution is 0.102. The molecular formula is C24H29N7O3. The maximum absolute atomic E-state index is 12.8. The highest BCUT2D eigenvalue weighted by Crippen LogP contribution is 2.30. The van der Waals surface area contributed by atoms with Crippen molar-refractivity contribution in [2.24, 2.45) is 16.5 Å². The number of hydrogen-bond donors (Lipinski definition) is 4. The molecule has 1 amide bonds. The third-order valence-electron chi connectivity index (χ3n) is 5.85. The van der Waals surface area contributed by atoms with E-state index in [0.717, 1.165) is 31.1 Å². The fourth-order valence-electron chi connectivity index (χ4n) is 4.12. The van der Waals surface area contributed by atoms with Crippen LogP contribution in [0, 0.1) is 0 Å². The molecule has 0 unspecified atom stereocenters. The second-order valence-corrected chi connectivity index (χ2v) is 8.12. The number of carbonyl (C=O) groups is 1. The van der Waals surface area contributed by atoms with Gasteiger partial charge >= 0.3 is 0 Å². The van der Waals surface area contributed by atoms with Crippen LogP contribution in [0.1, 0.15) is 36.0 Å². The fraction of sp³-hybridized carbons (Fsp3) is 0.333. The van der Waals surface area contributed by atoms with E-state index in [9.17, 15) is 4.79 Å². The quantitative estimate of drug-likeness (QED) is 0.309. The third-order valence-corrected chi connectivity index (χ3v) is 5.85. The van der Waals surface area contributed by atoms with Crippen LogP contribution in [0.15, 0.2) is 47.5 Å². The number of anilines is 2. The van der Waals surface area contributed by atoms with Crippen LogP contribution in [-0.4, -0.2) is 48.1 Å². The Bertz CT molecular complexity index is 1190. The average molecular weight is 464 g/mol. The molecule has 0 radical (unpaired) electrons. The lowest BCUT2D eigenvalue weighted by Gasteiger charge is -2.30. The number of ether oxygens (including phenoxy) is 2. The molecule has 6 N–H and O–H groups in total. The lowest BCUT2D eigenvalue weighted by Crippen LogP contribution is -2.38. The van der Waals surface area contributed by atoms with Crippen molar-refractivity contribution in [3.63, 3.8) is 0 Å². The van der Waals surface area contributed by atoms with E-state index in [1.165, 1.54) is 0 Å². The van der Waals surface area contributed by atoms with Crippen molar-refractivity contribution >= 4 is 34.5 Å². The Kier molecular flexibility index (Phi) is 6.95. The molecule has 4 rings (SSSR count). The van der Waals surface area contributed by atoms with Gasteiger partial charge in [0.2, 0.25) is 5.95 Å². The van der Waals surface area contributed by atoms with Gasteiger partial charge < -0.3 is 26.3 Å². The number of nitrogens with zero attached hydrogens (tertiary/aromatic N) is 3. The van der Waals surface area contributed by atoms with Crippen LogP contribution in [0.4, 0.5) is 11.8 Å². The number of amides is 1. The predicted octanol–water partition coefficient (Wildman–Crippen LogP) is 2.90. The largest absolute Gasteiger partial charge is 0.497 e. The Morgan fingerprint density at radius 3 is 2.41 bits per heavy atom. The predicted molar refractivity (Wildman–Crippen MR) is 133 cm³/mol. The molecule has 1 aliphatic rings. The van der Waals surface area contributed by atoms with Gasteiger partial charge in [-0.15, -0.1) is 0 Å². The first-order chi connectivity index (χ1) is 16.5. The normalized spacial score (nSPS) is 17.6. The molecule has 1 aromatic heterocycles. The van der Waals surface area contributed by atoms with Crippen LogP contribution < -0.4 is 31.6 Å². The van der Waals surface area contributed by atoms with Crippen molar-refractivity contribution in [1.82, 2.24) is 9.97 Å². The Morgan fingerprint density at radius 1 is 1.00 bits per heavy atom. The second-order valence-electron chi connectivity index (χ2n) is 8.12. The number of rotatable bonds is 7. The second kappa shape index (κ2) is 10.2. The molecule has 0 spiro atoms. The zero-order chi connectivity index (χ0) is 24.1. The number of methoxy groups -OCH3 is 2. The molecule has 0 saturated heterocycles. The highest BCUT2D eigenvalue weighted by atomic mass is 16.5. The number of aromatic nitrogens is 2. The first-order valence-electron chi connectivity index (χ1n) is 11.1. The third kappa shape index (κ3) is 5.28. The van der Waals surface area contributed by atoms with Gasteiger partial charge in [0.15, 0.2) is 5.96 Å². The number of carbonyl (C=O) groups excluding carboxylic acids is 1. The van der Waals surface area contributed by atoms with E-state index in [4.69, 9.17) is 20.9 Å². The summed E-state index contributed by atoms with van der Waals surface area (Å²) < 4.78 is 10.5. The zero-order valence-electron chi connectivity index (χ0n) is 19.2. The summed E-state index contributed by atoms with van der Waals surface area (Å²) in [6.07, 6.45) is 3.89. The van der Waals surface area contributed by atoms with Crippen LogP contribution in [0.25, 0.3) is 10.9 Å². The van der Waals surface area contributed by atoms with Gasteiger partial charge in [-0.2, -0.15) is 4.98 Å². The standard InChI is InChI=1S/C24H29N7O3/c1-33-15-9-7-14(8-10-15)22(32)31-24-29-18-12-11-16(34-2)13-17(18)21(30-24)27-19-5-3-4-6-20(19)28-23(25)26/h7-13,19-20H,3-6H2,1-2H3,(H4,25,26,28)(H2,27,29,30,31,32)/t19-,20+/m0/s1. The lowest BCUT2D eigenvalue weighted by atomic mass is 9.90. The monoisotopic (exact) mass is 463 g/mol. The van der Waals surface area contributed by atoms with Crippen molar-refractivity contribution in [3.8, 4) is 11.5 Å². The topological polar surface area (TPSA) is 150 Å².